The lowest BCUT2D eigenvalue weighted by Crippen LogP contribution is -1.88. The summed E-state index contributed by atoms with van der Waals surface area (Å²) in [5.41, 5.74) is 2.03. The smallest absolute Gasteiger partial charge is 0.126 e. The van der Waals surface area contributed by atoms with Crippen LogP contribution in [0.4, 0.5) is 0 Å². The Hall–Kier alpha value is -1.18. The van der Waals surface area contributed by atoms with Crippen LogP contribution in [0.5, 0.6) is 0 Å². The van der Waals surface area contributed by atoms with Crippen LogP contribution < -0.4 is 0 Å². The van der Waals surface area contributed by atoms with E-state index in [1.54, 1.807) is 0 Å². The Kier molecular flexibility index (Phi) is 47.9. The Balaban J connectivity index is -0.0000000915. The standard InChI is InChI=1S/C12H21N.C4H10.C3H6O.2C2H6/c1-6-7-11(4)13-12(5)9-8-10(2)3;1-3-4-2;1-3(2)4;2*1-2/h8-10H,4,6-7H2,1-3,5H3;3-4H2,1-2H3;1-2H3;2*1-2H3/b9-8-,13-12?;;;;. The maximum atomic E-state index is 9.44. The summed E-state index contributed by atoms with van der Waals surface area (Å²) in [6.07, 6.45) is 8.96. The van der Waals surface area contributed by atoms with Gasteiger partial charge in [0.25, 0.3) is 0 Å². The molecule has 0 aliphatic heterocycles. The number of Topliss-reactive ketones (excluding diaryl/α,β-unsaturated/α-hetero) is 1. The van der Waals surface area contributed by atoms with Gasteiger partial charge in [-0.2, -0.15) is 0 Å². The third-order valence-corrected chi connectivity index (χ3v) is 2.10. The minimum Gasteiger partial charge on any atom is -0.300 e. The molecule has 0 unspecified atom stereocenters. The molecule has 0 atom stereocenters. The lowest BCUT2D eigenvalue weighted by molar-refractivity contribution is -0.114. The second-order valence-electron chi connectivity index (χ2n) is 5.58. The van der Waals surface area contributed by atoms with Crippen LogP contribution in [0, 0.1) is 5.92 Å². The molecule has 0 radical (unpaired) electrons. The minimum atomic E-state index is 0.167. The van der Waals surface area contributed by atoms with Crippen molar-refractivity contribution in [2.45, 2.75) is 109 Å². The summed E-state index contributed by atoms with van der Waals surface area (Å²) in [5.74, 6) is 0.754. The van der Waals surface area contributed by atoms with Gasteiger partial charge in [0.05, 0.1) is 0 Å². The van der Waals surface area contributed by atoms with Crippen molar-refractivity contribution in [3.8, 4) is 0 Å². The predicted molar refractivity (Wildman–Crippen MR) is 121 cm³/mol. The Morgan fingerprint density at radius 1 is 0.920 bits per heavy atom. The van der Waals surface area contributed by atoms with Crippen LogP contribution in [-0.4, -0.2) is 11.5 Å². The molecule has 0 aromatic carbocycles. The number of hydrogen-bond donors (Lipinski definition) is 0. The number of hydrogen-bond acceptors (Lipinski definition) is 2. The molecular weight excluding hydrogens is 306 g/mol. The van der Waals surface area contributed by atoms with E-state index in [9.17, 15) is 4.79 Å². The molecule has 25 heavy (non-hydrogen) atoms. The molecule has 0 bridgehead atoms. The normalized spacial score (nSPS) is 9.40. The maximum Gasteiger partial charge on any atom is 0.126 e. The fourth-order valence-corrected chi connectivity index (χ4v) is 0.963. The minimum absolute atomic E-state index is 0.167. The van der Waals surface area contributed by atoms with Gasteiger partial charge < -0.3 is 4.79 Å². The zero-order valence-electron chi connectivity index (χ0n) is 19.6. The highest BCUT2D eigenvalue weighted by molar-refractivity contribution is 5.93. The molecular formula is C23H49NO. The first-order valence-electron chi connectivity index (χ1n) is 10.1. The van der Waals surface area contributed by atoms with E-state index in [1.807, 2.05) is 34.6 Å². The van der Waals surface area contributed by atoms with Gasteiger partial charge in [-0.15, -0.1) is 0 Å². The summed E-state index contributed by atoms with van der Waals surface area (Å²) < 4.78 is 0. The number of ketones is 1. The Bertz CT molecular complexity index is 306. The number of aliphatic imine (C=N–C) groups is 1. The average molecular weight is 356 g/mol. The summed E-state index contributed by atoms with van der Waals surface area (Å²) in [5, 5.41) is 0. The third kappa shape index (κ3) is 70.8. The van der Waals surface area contributed by atoms with Crippen LogP contribution in [0.3, 0.4) is 0 Å². The van der Waals surface area contributed by atoms with Gasteiger partial charge in [-0.1, -0.05) is 94.2 Å². The van der Waals surface area contributed by atoms with E-state index in [-0.39, 0.29) is 5.78 Å². The number of allylic oxidation sites excluding steroid dienone is 3. The van der Waals surface area contributed by atoms with Crippen molar-refractivity contribution < 1.29 is 4.79 Å². The first-order chi connectivity index (χ1) is 11.7. The fourth-order valence-electron chi connectivity index (χ4n) is 0.963. The second kappa shape index (κ2) is 34.2. The van der Waals surface area contributed by atoms with E-state index in [0.717, 1.165) is 24.3 Å². The zero-order chi connectivity index (χ0) is 21.3. The fraction of sp³-hybridized carbons (Fsp3) is 0.739. The molecule has 2 nitrogen and oxygen atoms in total. The highest BCUT2D eigenvalue weighted by Crippen LogP contribution is 2.04. The summed E-state index contributed by atoms with van der Waals surface area (Å²) in [6, 6.07) is 0. The summed E-state index contributed by atoms with van der Waals surface area (Å²) in [7, 11) is 0. The number of unbranched alkanes of at least 4 members (excludes halogenated alkanes) is 1. The molecule has 0 fully saturated rings. The second-order valence-corrected chi connectivity index (χ2v) is 5.58. The van der Waals surface area contributed by atoms with E-state index in [1.165, 1.54) is 26.7 Å². The van der Waals surface area contributed by atoms with Gasteiger partial charge in [0.1, 0.15) is 5.78 Å². The lowest BCUT2D eigenvalue weighted by atomic mass is 10.2. The zero-order valence-corrected chi connectivity index (χ0v) is 19.6. The summed E-state index contributed by atoms with van der Waals surface area (Å²) >= 11 is 0. The number of carbonyl (C=O) groups excluding carboxylic acids is 1. The number of nitrogens with zero attached hydrogens (tertiary/aromatic N) is 1. The van der Waals surface area contributed by atoms with Crippen LogP contribution >= 0.6 is 0 Å². The molecule has 0 amide bonds. The van der Waals surface area contributed by atoms with E-state index in [4.69, 9.17) is 0 Å². The molecule has 0 rings (SSSR count). The van der Waals surface area contributed by atoms with Crippen molar-refractivity contribution in [3.63, 3.8) is 0 Å². The van der Waals surface area contributed by atoms with Crippen molar-refractivity contribution in [2.24, 2.45) is 10.9 Å². The first kappa shape index (κ1) is 35.0. The summed E-state index contributed by atoms with van der Waals surface area (Å²) in [4.78, 5) is 13.8. The predicted octanol–water partition coefficient (Wildman–Crippen LogP) is 8.43. The van der Waals surface area contributed by atoms with Crippen molar-refractivity contribution in [2.75, 3.05) is 0 Å². The van der Waals surface area contributed by atoms with E-state index < -0.39 is 0 Å². The molecule has 2 heteroatoms. The average Bonchev–Trinajstić information content (AvgIpc) is 2.56. The van der Waals surface area contributed by atoms with Crippen LogP contribution in [0.15, 0.2) is 29.4 Å². The molecule has 0 saturated carbocycles. The van der Waals surface area contributed by atoms with Gasteiger partial charge in [-0.3, -0.25) is 4.99 Å². The van der Waals surface area contributed by atoms with Gasteiger partial charge in [0, 0.05) is 11.4 Å². The maximum absolute atomic E-state index is 9.44. The van der Waals surface area contributed by atoms with Crippen molar-refractivity contribution in [1.82, 2.24) is 0 Å². The van der Waals surface area contributed by atoms with Gasteiger partial charge in [0.15, 0.2) is 0 Å². The van der Waals surface area contributed by atoms with Gasteiger partial charge in [-0.05, 0) is 39.2 Å². The molecule has 0 heterocycles. The van der Waals surface area contributed by atoms with Crippen LogP contribution in [0.2, 0.25) is 0 Å². The SMILES string of the molecule is C=C(CCC)N=C(C)/C=C\C(C)C.CC.CC.CC(C)=O.CCCC. The number of rotatable bonds is 6. The van der Waals surface area contributed by atoms with Gasteiger partial charge >= 0.3 is 0 Å². The Morgan fingerprint density at radius 3 is 1.52 bits per heavy atom. The third-order valence-electron chi connectivity index (χ3n) is 2.10. The molecule has 0 aromatic rings. The Labute approximate surface area is 160 Å². The van der Waals surface area contributed by atoms with Crippen molar-refractivity contribution >= 4 is 11.5 Å². The quantitative estimate of drug-likeness (QED) is 0.439. The van der Waals surface area contributed by atoms with Crippen molar-refractivity contribution in [1.29, 1.82) is 0 Å². The van der Waals surface area contributed by atoms with Crippen LogP contribution in [0.1, 0.15) is 109 Å². The monoisotopic (exact) mass is 355 g/mol. The highest BCUT2D eigenvalue weighted by Gasteiger charge is 1.90. The first-order valence-corrected chi connectivity index (χ1v) is 10.1. The topological polar surface area (TPSA) is 29.4 Å². The molecule has 0 spiro atoms. The molecule has 0 saturated heterocycles. The van der Waals surface area contributed by atoms with Crippen molar-refractivity contribution in [3.05, 3.63) is 24.4 Å². The largest absolute Gasteiger partial charge is 0.300 e. The van der Waals surface area contributed by atoms with Gasteiger partial charge in [-0.25, -0.2) is 0 Å². The van der Waals surface area contributed by atoms with E-state index >= 15 is 0 Å². The van der Waals surface area contributed by atoms with E-state index in [2.05, 4.69) is 58.3 Å². The van der Waals surface area contributed by atoms with Crippen LogP contribution in [0.25, 0.3) is 0 Å². The summed E-state index contributed by atoms with van der Waals surface area (Å²) in [6.45, 7) is 27.8. The van der Waals surface area contributed by atoms with E-state index in [0.29, 0.717) is 5.92 Å². The molecule has 0 aromatic heterocycles. The molecule has 152 valence electrons. The van der Waals surface area contributed by atoms with Gasteiger partial charge in [0.2, 0.25) is 0 Å². The number of carbonyl (C=O) groups is 1. The Morgan fingerprint density at radius 2 is 1.28 bits per heavy atom. The van der Waals surface area contributed by atoms with Crippen LogP contribution in [-0.2, 0) is 4.79 Å². The molecule has 0 aliphatic rings. The lowest BCUT2D eigenvalue weighted by Gasteiger charge is -1.98. The molecule has 0 aliphatic carbocycles. The molecule has 0 N–H and O–H groups in total. The highest BCUT2D eigenvalue weighted by atomic mass is 16.1.